The number of rotatable bonds is 5. The molecule has 0 saturated heterocycles. The van der Waals surface area contributed by atoms with Gasteiger partial charge in [-0.2, -0.15) is 5.10 Å². The molecule has 1 aliphatic carbocycles. The molecule has 1 aromatic carbocycles. The van der Waals surface area contributed by atoms with Gasteiger partial charge in [0.1, 0.15) is 11.2 Å². The van der Waals surface area contributed by atoms with Crippen molar-refractivity contribution in [2.24, 2.45) is 0 Å². The molecule has 2 aliphatic rings. The van der Waals surface area contributed by atoms with Crippen LogP contribution in [-0.4, -0.2) is 45.8 Å². The van der Waals surface area contributed by atoms with Crippen molar-refractivity contribution < 1.29 is 19.1 Å². The number of nitrogens with one attached hydrogen (secondary N) is 1. The predicted molar refractivity (Wildman–Crippen MR) is 115 cm³/mol. The minimum absolute atomic E-state index is 0.0386. The number of benzene rings is 1. The van der Waals surface area contributed by atoms with Gasteiger partial charge in [-0.3, -0.25) is 19.2 Å². The van der Waals surface area contributed by atoms with Crippen molar-refractivity contribution in [3.05, 3.63) is 46.7 Å². The third-order valence-electron chi connectivity index (χ3n) is 5.88. The van der Waals surface area contributed by atoms with Crippen LogP contribution in [0.3, 0.4) is 0 Å². The predicted octanol–water partition coefficient (Wildman–Crippen LogP) is 3.19. The van der Waals surface area contributed by atoms with Crippen molar-refractivity contribution in [1.82, 2.24) is 15.1 Å². The van der Waals surface area contributed by atoms with Crippen LogP contribution in [0, 0.1) is 0 Å². The van der Waals surface area contributed by atoms with Gasteiger partial charge in [-0.15, -0.1) is 0 Å². The standard InChI is InChI=1S/C22H25ClN4O4/c1-3-31-20(29)17-12-18-19(28)27(16-10-6-7-14(23)11-16)22(2,13-26(18)25-17)21(30)24-15-8-4-5-9-15/h6-7,10-12,15H,3-5,8-9,13H2,1-2H3,(H,24,30)/t22-/m0/s1. The van der Waals surface area contributed by atoms with E-state index in [0.717, 1.165) is 25.7 Å². The van der Waals surface area contributed by atoms with Gasteiger partial charge in [0.25, 0.3) is 5.91 Å². The average Bonchev–Trinajstić information content (AvgIpc) is 3.38. The van der Waals surface area contributed by atoms with Crippen molar-refractivity contribution in [2.75, 3.05) is 11.5 Å². The average molecular weight is 445 g/mol. The lowest BCUT2D eigenvalue weighted by atomic mass is 9.93. The molecule has 0 radical (unpaired) electrons. The van der Waals surface area contributed by atoms with Gasteiger partial charge < -0.3 is 10.1 Å². The van der Waals surface area contributed by atoms with E-state index in [2.05, 4.69) is 10.4 Å². The third kappa shape index (κ3) is 3.92. The van der Waals surface area contributed by atoms with Crippen LogP contribution >= 0.6 is 11.6 Å². The zero-order valence-electron chi connectivity index (χ0n) is 17.6. The van der Waals surface area contributed by atoms with Gasteiger partial charge in [-0.05, 0) is 44.9 Å². The molecule has 1 atom stereocenters. The monoisotopic (exact) mass is 444 g/mol. The molecular weight excluding hydrogens is 420 g/mol. The van der Waals surface area contributed by atoms with Crippen LogP contribution in [-0.2, 0) is 16.1 Å². The fraction of sp³-hybridized carbons (Fsp3) is 0.455. The highest BCUT2D eigenvalue weighted by atomic mass is 35.5. The zero-order chi connectivity index (χ0) is 22.2. The summed E-state index contributed by atoms with van der Waals surface area (Å²) >= 11 is 6.19. The Morgan fingerprint density at radius 3 is 2.71 bits per heavy atom. The van der Waals surface area contributed by atoms with E-state index >= 15 is 0 Å². The van der Waals surface area contributed by atoms with E-state index in [0.29, 0.717) is 10.7 Å². The number of halogens is 1. The summed E-state index contributed by atoms with van der Waals surface area (Å²) in [5.74, 6) is -1.30. The number of fused-ring (bicyclic) bond motifs is 1. The molecule has 1 aliphatic heterocycles. The number of aromatic nitrogens is 2. The summed E-state index contributed by atoms with van der Waals surface area (Å²) in [5, 5.41) is 7.82. The number of hydrogen-bond donors (Lipinski definition) is 1. The number of esters is 1. The minimum atomic E-state index is -1.25. The van der Waals surface area contributed by atoms with Crippen LogP contribution in [0.25, 0.3) is 0 Å². The molecule has 9 heteroatoms. The zero-order valence-corrected chi connectivity index (χ0v) is 18.3. The van der Waals surface area contributed by atoms with Crippen molar-refractivity contribution in [3.8, 4) is 0 Å². The Morgan fingerprint density at radius 1 is 1.29 bits per heavy atom. The molecule has 2 aromatic rings. The molecular formula is C22H25ClN4O4. The van der Waals surface area contributed by atoms with Gasteiger partial charge in [0.2, 0.25) is 5.91 Å². The lowest BCUT2D eigenvalue weighted by molar-refractivity contribution is -0.127. The Balaban J connectivity index is 1.76. The molecule has 1 aromatic heterocycles. The first-order chi connectivity index (χ1) is 14.8. The Morgan fingerprint density at radius 2 is 2.03 bits per heavy atom. The summed E-state index contributed by atoms with van der Waals surface area (Å²) in [5.41, 5.74) is -0.493. The van der Waals surface area contributed by atoms with Crippen LogP contribution in [0.4, 0.5) is 5.69 Å². The first-order valence-electron chi connectivity index (χ1n) is 10.5. The number of ether oxygens (including phenoxy) is 1. The normalized spacial score (nSPS) is 21.1. The van der Waals surface area contributed by atoms with E-state index in [9.17, 15) is 14.4 Å². The number of anilines is 1. The lowest BCUT2D eigenvalue weighted by Crippen LogP contribution is -2.65. The summed E-state index contributed by atoms with van der Waals surface area (Å²) in [7, 11) is 0. The summed E-state index contributed by atoms with van der Waals surface area (Å²) < 4.78 is 6.44. The van der Waals surface area contributed by atoms with E-state index in [1.165, 1.54) is 15.6 Å². The maximum atomic E-state index is 13.6. The van der Waals surface area contributed by atoms with Gasteiger partial charge in [-0.1, -0.05) is 30.5 Å². The van der Waals surface area contributed by atoms with Gasteiger partial charge in [0.15, 0.2) is 5.69 Å². The highest BCUT2D eigenvalue weighted by molar-refractivity contribution is 6.31. The first-order valence-corrected chi connectivity index (χ1v) is 10.9. The topological polar surface area (TPSA) is 93.5 Å². The quantitative estimate of drug-likeness (QED) is 0.715. The molecule has 164 valence electrons. The van der Waals surface area contributed by atoms with Crippen LogP contribution < -0.4 is 10.2 Å². The largest absolute Gasteiger partial charge is 0.461 e. The van der Waals surface area contributed by atoms with Gasteiger partial charge in [0, 0.05) is 22.8 Å². The summed E-state index contributed by atoms with van der Waals surface area (Å²) in [6.07, 6.45) is 4.00. The third-order valence-corrected chi connectivity index (χ3v) is 6.12. The van der Waals surface area contributed by atoms with E-state index in [-0.39, 0.29) is 36.5 Å². The number of amides is 2. The van der Waals surface area contributed by atoms with E-state index in [1.54, 1.807) is 38.1 Å². The van der Waals surface area contributed by atoms with Crippen LogP contribution in [0.2, 0.25) is 5.02 Å². The molecule has 31 heavy (non-hydrogen) atoms. The maximum absolute atomic E-state index is 13.6. The van der Waals surface area contributed by atoms with E-state index in [4.69, 9.17) is 16.3 Å². The van der Waals surface area contributed by atoms with Crippen molar-refractivity contribution >= 4 is 35.1 Å². The smallest absolute Gasteiger partial charge is 0.358 e. The number of nitrogens with zero attached hydrogens (tertiary/aromatic N) is 3. The fourth-order valence-corrected chi connectivity index (χ4v) is 4.50. The first kappa shape index (κ1) is 21.4. The molecule has 0 spiro atoms. The second-order valence-corrected chi connectivity index (χ2v) is 8.58. The van der Waals surface area contributed by atoms with Crippen molar-refractivity contribution in [3.63, 3.8) is 0 Å². The van der Waals surface area contributed by atoms with Crippen LogP contribution in [0.1, 0.15) is 60.5 Å². The second kappa shape index (κ2) is 8.34. The Kier molecular flexibility index (Phi) is 5.75. The second-order valence-electron chi connectivity index (χ2n) is 8.14. The lowest BCUT2D eigenvalue weighted by Gasteiger charge is -2.43. The Labute approximate surface area is 185 Å². The van der Waals surface area contributed by atoms with E-state index < -0.39 is 17.4 Å². The molecule has 4 rings (SSSR count). The molecule has 1 N–H and O–H groups in total. The van der Waals surface area contributed by atoms with Gasteiger partial charge in [0.05, 0.1) is 13.2 Å². The molecule has 1 fully saturated rings. The Bertz CT molecular complexity index is 1030. The molecule has 1 saturated carbocycles. The summed E-state index contributed by atoms with van der Waals surface area (Å²) in [6, 6.07) is 8.33. The summed E-state index contributed by atoms with van der Waals surface area (Å²) in [6.45, 7) is 3.71. The van der Waals surface area contributed by atoms with Crippen LogP contribution in [0.15, 0.2) is 30.3 Å². The number of hydrogen-bond acceptors (Lipinski definition) is 5. The highest BCUT2D eigenvalue weighted by Gasteiger charge is 2.49. The molecule has 0 bridgehead atoms. The molecule has 8 nitrogen and oxygen atoms in total. The van der Waals surface area contributed by atoms with Gasteiger partial charge in [-0.25, -0.2) is 4.79 Å². The molecule has 2 heterocycles. The van der Waals surface area contributed by atoms with Gasteiger partial charge >= 0.3 is 5.97 Å². The fourth-order valence-electron chi connectivity index (χ4n) is 4.32. The highest BCUT2D eigenvalue weighted by Crippen LogP contribution is 2.34. The van der Waals surface area contributed by atoms with E-state index in [1.807, 2.05) is 0 Å². The maximum Gasteiger partial charge on any atom is 0.358 e. The SMILES string of the molecule is CCOC(=O)c1cc2n(n1)C[C@@](C)(C(=O)NC1CCCC1)N(c1cccc(Cl)c1)C2=O. The number of carbonyl (C=O) groups is 3. The molecule has 0 unspecified atom stereocenters. The molecule has 2 amide bonds. The number of carbonyl (C=O) groups excluding carboxylic acids is 3. The van der Waals surface area contributed by atoms with Crippen LogP contribution in [0.5, 0.6) is 0 Å². The summed E-state index contributed by atoms with van der Waals surface area (Å²) in [4.78, 5) is 40.7. The van der Waals surface area contributed by atoms with Crippen molar-refractivity contribution in [1.29, 1.82) is 0 Å². The minimum Gasteiger partial charge on any atom is -0.461 e. The Hall–Kier alpha value is -2.87. The van der Waals surface area contributed by atoms with Crippen molar-refractivity contribution in [2.45, 2.75) is 57.7 Å².